The molecule has 1 rings (SSSR count). The molecule has 0 aliphatic rings. The lowest BCUT2D eigenvalue weighted by atomic mass is 10.0. The number of hydrogen-bond acceptors (Lipinski definition) is 1. The Morgan fingerprint density at radius 2 is 1.88 bits per heavy atom. The van der Waals surface area contributed by atoms with Crippen LogP contribution >= 0.6 is 15.9 Å². The monoisotopic (exact) mass is 313 g/mol. The quantitative estimate of drug-likeness (QED) is 0.763. The molecule has 0 saturated heterocycles. The normalized spacial score (nSPS) is 13.7. The molecule has 0 aliphatic heterocycles. The SMILES string of the molecule is CCNCC(C[Si](C)(C)C)c1ccccc1Br. The van der Waals surface area contributed by atoms with Gasteiger partial charge in [0, 0.05) is 19.1 Å². The largest absolute Gasteiger partial charge is 0.316 e. The van der Waals surface area contributed by atoms with Crippen molar-refractivity contribution >= 4 is 24.0 Å². The van der Waals surface area contributed by atoms with E-state index < -0.39 is 8.07 Å². The number of rotatable bonds is 6. The Morgan fingerprint density at radius 3 is 2.41 bits per heavy atom. The summed E-state index contributed by atoms with van der Waals surface area (Å²) in [4.78, 5) is 0. The molecule has 1 atom stereocenters. The summed E-state index contributed by atoms with van der Waals surface area (Å²) < 4.78 is 1.25. The molecule has 17 heavy (non-hydrogen) atoms. The topological polar surface area (TPSA) is 12.0 Å². The Hall–Kier alpha value is -0.123. The van der Waals surface area contributed by atoms with E-state index in [1.165, 1.54) is 16.1 Å². The van der Waals surface area contributed by atoms with Crippen LogP contribution in [0.3, 0.4) is 0 Å². The molecule has 0 heterocycles. The van der Waals surface area contributed by atoms with E-state index in [2.05, 4.69) is 72.1 Å². The van der Waals surface area contributed by atoms with Gasteiger partial charge in [0.1, 0.15) is 0 Å². The lowest BCUT2D eigenvalue weighted by Crippen LogP contribution is -2.29. The number of hydrogen-bond donors (Lipinski definition) is 1. The van der Waals surface area contributed by atoms with Gasteiger partial charge in [0.2, 0.25) is 0 Å². The first-order valence-electron chi connectivity index (χ1n) is 6.39. The Morgan fingerprint density at radius 1 is 1.24 bits per heavy atom. The molecule has 0 radical (unpaired) electrons. The molecule has 1 aromatic rings. The fourth-order valence-corrected chi connectivity index (χ4v) is 4.61. The molecular weight excluding hydrogens is 290 g/mol. The van der Waals surface area contributed by atoms with Crippen molar-refractivity contribution in [3.63, 3.8) is 0 Å². The van der Waals surface area contributed by atoms with Crippen LogP contribution in [-0.4, -0.2) is 21.2 Å². The summed E-state index contributed by atoms with van der Waals surface area (Å²) in [5, 5.41) is 3.50. The van der Waals surface area contributed by atoms with Gasteiger partial charge in [-0.1, -0.05) is 60.7 Å². The van der Waals surface area contributed by atoms with E-state index in [0.717, 1.165) is 13.1 Å². The van der Waals surface area contributed by atoms with E-state index in [1.54, 1.807) is 0 Å². The Labute approximate surface area is 115 Å². The summed E-state index contributed by atoms with van der Waals surface area (Å²) in [7, 11) is -1.04. The molecule has 1 nitrogen and oxygen atoms in total. The minimum atomic E-state index is -1.04. The number of nitrogens with one attached hydrogen (secondary N) is 1. The summed E-state index contributed by atoms with van der Waals surface area (Å²) in [6.07, 6.45) is 0. The van der Waals surface area contributed by atoms with Crippen molar-refractivity contribution in [3.05, 3.63) is 34.3 Å². The first kappa shape index (κ1) is 14.9. The minimum Gasteiger partial charge on any atom is -0.316 e. The zero-order valence-electron chi connectivity index (χ0n) is 11.4. The maximum Gasteiger partial charge on any atom is 0.0449 e. The maximum atomic E-state index is 3.68. The molecule has 0 spiro atoms. The lowest BCUT2D eigenvalue weighted by molar-refractivity contribution is 0.627. The van der Waals surface area contributed by atoms with Crippen molar-refractivity contribution < 1.29 is 0 Å². The van der Waals surface area contributed by atoms with Gasteiger partial charge in [-0.25, -0.2) is 0 Å². The van der Waals surface area contributed by atoms with Gasteiger partial charge in [0.15, 0.2) is 0 Å². The van der Waals surface area contributed by atoms with E-state index in [9.17, 15) is 0 Å². The molecule has 0 amide bonds. The third-order valence-electron chi connectivity index (χ3n) is 2.84. The molecule has 0 aliphatic carbocycles. The van der Waals surface area contributed by atoms with Crippen molar-refractivity contribution in [1.82, 2.24) is 5.32 Å². The van der Waals surface area contributed by atoms with Gasteiger partial charge in [-0.3, -0.25) is 0 Å². The highest BCUT2D eigenvalue weighted by Gasteiger charge is 2.22. The van der Waals surface area contributed by atoms with Crippen LogP contribution in [0.25, 0.3) is 0 Å². The van der Waals surface area contributed by atoms with E-state index in [4.69, 9.17) is 0 Å². The highest BCUT2D eigenvalue weighted by Crippen LogP contribution is 2.31. The van der Waals surface area contributed by atoms with Crippen molar-refractivity contribution in [2.24, 2.45) is 0 Å². The van der Waals surface area contributed by atoms with Crippen molar-refractivity contribution in [1.29, 1.82) is 0 Å². The number of halogens is 1. The molecular formula is C14H24BrNSi. The average Bonchev–Trinajstić information content (AvgIpc) is 2.23. The molecule has 0 bridgehead atoms. The fourth-order valence-electron chi connectivity index (χ4n) is 2.16. The van der Waals surface area contributed by atoms with Gasteiger partial charge in [-0.05, 0) is 30.1 Å². The van der Waals surface area contributed by atoms with E-state index >= 15 is 0 Å². The van der Waals surface area contributed by atoms with Crippen molar-refractivity contribution in [2.45, 2.75) is 38.5 Å². The standard InChI is InChI=1S/C14H24BrNSi/c1-5-16-10-12(11-17(2,3)4)13-8-6-7-9-14(13)15/h6-9,12,16H,5,10-11H2,1-4H3. The summed E-state index contributed by atoms with van der Waals surface area (Å²) in [5.41, 5.74) is 1.45. The zero-order chi connectivity index (χ0) is 12.9. The third kappa shape index (κ3) is 5.36. The van der Waals surface area contributed by atoms with Gasteiger partial charge in [-0.15, -0.1) is 0 Å². The second kappa shape index (κ2) is 6.71. The summed E-state index contributed by atoms with van der Waals surface area (Å²) in [6.45, 7) is 11.6. The third-order valence-corrected chi connectivity index (χ3v) is 5.28. The molecule has 1 unspecified atom stereocenters. The Balaban J connectivity index is 2.86. The molecule has 1 N–H and O–H groups in total. The second-order valence-corrected chi connectivity index (χ2v) is 12.2. The fraction of sp³-hybridized carbons (Fsp3) is 0.571. The molecule has 0 aromatic heterocycles. The molecule has 1 aromatic carbocycles. The summed E-state index contributed by atoms with van der Waals surface area (Å²) in [6, 6.07) is 9.98. The molecule has 0 fully saturated rings. The van der Waals surface area contributed by atoms with Crippen LogP contribution in [-0.2, 0) is 0 Å². The van der Waals surface area contributed by atoms with E-state index in [-0.39, 0.29) is 0 Å². The highest BCUT2D eigenvalue weighted by molar-refractivity contribution is 9.10. The van der Waals surface area contributed by atoms with Crippen LogP contribution in [0.2, 0.25) is 25.7 Å². The first-order chi connectivity index (χ1) is 7.94. The zero-order valence-corrected chi connectivity index (χ0v) is 14.0. The van der Waals surface area contributed by atoms with E-state index in [0.29, 0.717) is 5.92 Å². The predicted molar refractivity (Wildman–Crippen MR) is 83.6 cm³/mol. The minimum absolute atomic E-state index is 0.636. The van der Waals surface area contributed by atoms with Crippen molar-refractivity contribution in [2.75, 3.05) is 13.1 Å². The number of likely N-dealkylation sites (N-methyl/N-ethyl adjacent to an activating group) is 1. The lowest BCUT2D eigenvalue weighted by Gasteiger charge is -2.26. The molecule has 3 heteroatoms. The maximum absolute atomic E-state index is 3.68. The van der Waals surface area contributed by atoms with Gasteiger partial charge in [0.25, 0.3) is 0 Å². The number of benzene rings is 1. The van der Waals surface area contributed by atoms with Crippen molar-refractivity contribution in [3.8, 4) is 0 Å². The average molecular weight is 314 g/mol. The van der Waals surface area contributed by atoms with Crippen LogP contribution in [0.1, 0.15) is 18.4 Å². The predicted octanol–water partition coefficient (Wildman–Crippen LogP) is 4.48. The second-order valence-electron chi connectivity index (χ2n) is 5.79. The Bertz CT molecular complexity index is 346. The first-order valence-corrected chi connectivity index (χ1v) is 10.9. The molecule has 0 saturated carbocycles. The van der Waals surface area contributed by atoms with Crippen LogP contribution in [0, 0.1) is 0 Å². The molecule has 96 valence electrons. The highest BCUT2D eigenvalue weighted by atomic mass is 79.9. The van der Waals surface area contributed by atoms with Crippen LogP contribution in [0.5, 0.6) is 0 Å². The summed E-state index contributed by atoms with van der Waals surface area (Å²) >= 11 is 3.68. The van der Waals surface area contributed by atoms with Gasteiger partial charge >= 0.3 is 0 Å². The van der Waals surface area contributed by atoms with Gasteiger partial charge in [0.05, 0.1) is 0 Å². The smallest absolute Gasteiger partial charge is 0.0449 e. The summed E-state index contributed by atoms with van der Waals surface area (Å²) in [5.74, 6) is 0.636. The van der Waals surface area contributed by atoms with Gasteiger partial charge < -0.3 is 5.32 Å². The van der Waals surface area contributed by atoms with Crippen LogP contribution in [0.4, 0.5) is 0 Å². The van der Waals surface area contributed by atoms with Crippen LogP contribution in [0.15, 0.2) is 28.7 Å². The van der Waals surface area contributed by atoms with Gasteiger partial charge in [-0.2, -0.15) is 0 Å². The van der Waals surface area contributed by atoms with E-state index in [1.807, 2.05) is 0 Å². The van der Waals surface area contributed by atoms with Crippen LogP contribution < -0.4 is 5.32 Å². The Kier molecular flexibility index (Phi) is 5.90.